The Kier molecular flexibility index (Phi) is 19.7. The number of amides is 2. The quantitative estimate of drug-likeness (QED) is 0.0638. The lowest BCUT2D eigenvalue weighted by Crippen LogP contribution is -2.24. The van der Waals surface area contributed by atoms with Gasteiger partial charge in [-0.1, -0.05) is 174 Å². The van der Waals surface area contributed by atoms with Crippen LogP contribution >= 0.6 is 0 Å². The fourth-order valence-electron chi connectivity index (χ4n) is 6.62. The third-order valence-electron chi connectivity index (χ3n) is 9.53. The number of carboxylic acid groups (broad SMARTS) is 1. The van der Waals surface area contributed by atoms with Crippen molar-refractivity contribution < 1.29 is 29.5 Å². The first-order valence-electron chi connectivity index (χ1n) is 19.8. The van der Waals surface area contributed by atoms with Crippen molar-refractivity contribution in [2.75, 3.05) is 6.54 Å². The van der Waals surface area contributed by atoms with E-state index in [0.717, 1.165) is 58.8 Å². The molecule has 0 radical (unpaired) electrons. The molecule has 8 nitrogen and oxygen atoms in total. The predicted molar refractivity (Wildman–Crippen MR) is 237 cm³/mol. The fraction of sp³-hybridized carbons (Fsp3) is 0.280. The second kappa shape index (κ2) is 24.6. The van der Waals surface area contributed by atoms with Crippen LogP contribution in [0.15, 0.2) is 133 Å². The minimum atomic E-state index is -0.808. The highest BCUT2D eigenvalue weighted by atomic mass is 16.5. The van der Waals surface area contributed by atoms with Crippen molar-refractivity contribution in [2.24, 2.45) is 5.73 Å². The Labute approximate surface area is 343 Å². The SMILES string of the molecule is C.CCCCCC(=O)Cc1ccc2ccccc2c1-c1ccccc1.CCCCN.O=C(O)Cc1ccc2ccccc2c1-c1ccccc1.O=C1CCC(=O)N1O. The average molecular weight is 783 g/mol. The molecular weight excluding hydrogens is 725 g/mol. The van der Waals surface area contributed by atoms with Crippen molar-refractivity contribution in [3.63, 3.8) is 0 Å². The summed E-state index contributed by atoms with van der Waals surface area (Å²) in [5.74, 6) is -1.47. The number of fused-ring (bicyclic) bond motifs is 2. The Bertz CT molecular complexity index is 2200. The number of nitrogens with two attached hydrogens (primary N) is 1. The lowest BCUT2D eigenvalue weighted by molar-refractivity contribution is -0.171. The van der Waals surface area contributed by atoms with Gasteiger partial charge in [0.1, 0.15) is 5.78 Å². The summed E-state index contributed by atoms with van der Waals surface area (Å²) in [7, 11) is 0. The number of carboxylic acids is 1. The van der Waals surface area contributed by atoms with E-state index >= 15 is 0 Å². The summed E-state index contributed by atoms with van der Waals surface area (Å²) in [5, 5.41) is 22.3. The first kappa shape index (κ1) is 46.4. The number of carbonyl (C=O) groups excluding carboxylic acids is 3. The van der Waals surface area contributed by atoms with Gasteiger partial charge in [-0.25, -0.2) is 0 Å². The van der Waals surface area contributed by atoms with E-state index in [9.17, 15) is 19.2 Å². The van der Waals surface area contributed by atoms with E-state index in [1.165, 1.54) is 34.7 Å². The number of aliphatic carboxylic acids is 1. The van der Waals surface area contributed by atoms with Gasteiger partial charge in [0.25, 0.3) is 11.8 Å². The van der Waals surface area contributed by atoms with Crippen molar-refractivity contribution in [1.29, 1.82) is 0 Å². The zero-order valence-corrected chi connectivity index (χ0v) is 33.0. The smallest absolute Gasteiger partial charge is 0.307 e. The summed E-state index contributed by atoms with van der Waals surface area (Å²) in [5.41, 5.74) is 11.6. The van der Waals surface area contributed by atoms with E-state index < -0.39 is 17.8 Å². The first-order chi connectivity index (χ1) is 27.7. The normalized spacial score (nSPS) is 11.7. The third kappa shape index (κ3) is 13.6. The van der Waals surface area contributed by atoms with Crippen LogP contribution in [0.3, 0.4) is 0 Å². The minimum absolute atomic E-state index is 0. The highest BCUT2D eigenvalue weighted by Crippen LogP contribution is 2.34. The molecule has 1 aliphatic heterocycles. The molecule has 2 amide bonds. The molecule has 0 unspecified atom stereocenters. The van der Waals surface area contributed by atoms with Crippen LogP contribution in [0.2, 0.25) is 0 Å². The molecule has 8 heteroatoms. The molecule has 1 heterocycles. The van der Waals surface area contributed by atoms with E-state index in [-0.39, 0.29) is 31.8 Å². The molecule has 304 valence electrons. The molecular formula is C50H58N2O6. The summed E-state index contributed by atoms with van der Waals surface area (Å²) in [6.45, 7) is 5.14. The highest BCUT2D eigenvalue weighted by molar-refractivity contribution is 6.01. The van der Waals surface area contributed by atoms with Gasteiger partial charge < -0.3 is 10.8 Å². The van der Waals surface area contributed by atoms with Crippen molar-refractivity contribution in [2.45, 2.75) is 85.5 Å². The Hall–Kier alpha value is -5.96. The van der Waals surface area contributed by atoms with Gasteiger partial charge in [0.15, 0.2) is 0 Å². The van der Waals surface area contributed by atoms with Gasteiger partial charge in [0, 0.05) is 25.7 Å². The molecule has 4 N–H and O–H groups in total. The number of imide groups is 1. The number of rotatable bonds is 12. The average Bonchev–Trinajstić information content (AvgIpc) is 3.52. The largest absolute Gasteiger partial charge is 0.481 e. The number of ketones is 1. The predicted octanol–water partition coefficient (Wildman–Crippen LogP) is 11.2. The lowest BCUT2D eigenvalue weighted by Gasteiger charge is -2.13. The molecule has 0 aliphatic carbocycles. The summed E-state index contributed by atoms with van der Waals surface area (Å²) in [6, 6.07) is 45.0. The van der Waals surface area contributed by atoms with Gasteiger partial charge in [-0.2, -0.15) is 5.06 Å². The number of hydrogen-bond acceptors (Lipinski definition) is 6. The maximum Gasteiger partial charge on any atom is 0.307 e. The Morgan fingerprint density at radius 1 is 0.586 bits per heavy atom. The summed E-state index contributed by atoms with van der Waals surface area (Å²) in [4.78, 5) is 44.0. The second-order valence-electron chi connectivity index (χ2n) is 13.9. The lowest BCUT2D eigenvalue weighted by atomic mass is 9.90. The number of nitrogens with zero attached hydrogens (tertiary/aromatic N) is 1. The molecule has 7 rings (SSSR count). The van der Waals surface area contributed by atoms with Gasteiger partial charge in [0.05, 0.1) is 6.42 Å². The van der Waals surface area contributed by atoms with Crippen LogP contribution in [0.5, 0.6) is 0 Å². The van der Waals surface area contributed by atoms with E-state index in [4.69, 9.17) is 16.0 Å². The van der Waals surface area contributed by atoms with Crippen LogP contribution in [0.25, 0.3) is 43.8 Å². The van der Waals surface area contributed by atoms with Crippen molar-refractivity contribution in [3.8, 4) is 22.3 Å². The van der Waals surface area contributed by atoms with Crippen molar-refractivity contribution in [3.05, 3.63) is 145 Å². The maximum absolute atomic E-state index is 12.4. The van der Waals surface area contributed by atoms with Gasteiger partial charge >= 0.3 is 5.97 Å². The minimum Gasteiger partial charge on any atom is -0.481 e. The molecule has 58 heavy (non-hydrogen) atoms. The van der Waals surface area contributed by atoms with E-state index in [1.54, 1.807) is 0 Å². The monoisotopic (exact) mass is 782 g/mol. The summed E-state index contributed by atoms with van der Waals surface area (Å²) in [6.07, 6.45) is 7.22. The van der Waals surface area contributed by atoms with Gasteiger partial charge in [0.2, 0.25) is 0 Å². The standard InChI is InChI=1S/C23H24O.C18H14O2.C4H5NO3.C4H11N.CH4/c1-2-3-5-13-21(24)17-20-16-15-18-10-8-9-14-22(18)23(20)19-11-6-4-7-12-19;19-17(20)12-15-11-10-13-6-4-5-9-16(13)18(15)14-7-2-1-3-8-14;6-3-1-2-4(7)5(3)8;1-2-3-4-5;/h4,6-12,14-16H,2-3,5,13,17H2,1H3;1-11H,12H2,(H,19,20);8H,1-2H2;2-5H2,1H3;1H4. The number of hydroxylamine groups is 2. The van der Waals surface area contributed by atoms with Gasteiger partial charge in [-0.05, 0) is 74.3 Å². The molecule has 0 aromatic heterocycles. The molecule has 0 saturated carbocycles. The van der Waals surface area contributed by atoms with E-state index in [1.807, 2.05) is 72.8 Å². The topological polar surface area (TPSA) is 138 Å². The molecule has 0 atom stereocenters. The Morgan fingerprint density at radius 3 is 1.40 bits per heavy atom. The second-order valence-corrected chi connectivity index (χ2v) is 13.9. The van der Waals surface area contributed by atoms with E-state index in [2.05, 4.69) is 74.5 Å². The van der Waals surface area contributed by atoms with Crippen molar-refractivity contribution in [1.82, 2.24) is 5.06 Å². The van der Waals surface area contributed by atoms with E-state index in [0.29, 0.717) is 18.6 Å². The molecule has 0 spiro atoms. The molecule has 1 aliphatic rings. The highest BCUT2D eigenvalue weighted by Gasteiger charge is 2.26. The van der Waals surface area contributed by atoms with Crippen LogP contribution in [-0.4, -0.2) is 45.5 Å². The van der Waals surface area contributed by atoms with Crippen LogP contribution < -0.4 is 5.73 Å². The van der Waals surface area contributed by atoms with Crippen LogP contribution in [0.4, 0.5) is 0 Å². The molecule has 6 aromatic rings. The molecule has 6 aromatic carbocycles. The Balaban J connectivity index is 0.000000237. The van der Waals surface area contributed by atoms with Crippen LogP contribution in [0, 0.1) is 0 Å². The third-order valence-corrected chi connectivity index (χ3v) is 9.53. The van der Waals surface area contributed by atoms with Gasteiger partial charge in [-0.3, -0.25) is 24.4 Å². The zero-order chi connectivity index (χ0) is 41.0. The molecule has 0 bridgehead atoms. The number of Topliss-reactive ketones (excluding diaryl/α,β-unsaturated/α-hetero) is 1. The number of hydrogen-bond donors (Lipinski definition) is 3. The fourth-order valence-corrected chi connectivity index (χ4v) is 6.62. The molecule has 1 saturated heterocycles. The number of benzene rings is 6. The molecule has 1 fully saturated rings. The first-order valence-corrected chi connectivity index (χ1v) is 19.8. The number of carbonyl (C=O) groups is 4. The summed E-state index contributed by atoms with van der Waals surface area (Å²) >= 11 is 0. The zero-order valence-electron chi connectivity index (χ0n) is 33.0. The summed E-state index contributed by atoms with van der Waals surface area (Å²) < 4.78 is 0. The van der Waals surface area contributed by atoms with Gasteiger partial charge in [-0.15, -0.1) is 0 Å². The maximum atomic E-state index is 12.4. The number of unbranched alkanes of at least 4 members (excludes halogenated alkanes) is 3. The van der Waals surface area contributed by atoms with Crippen molar-refractivity contribution >= 4 is 45.1 Å². The van der Waals surface area contributed by atoms with Crippen LogP contribution in [-0.2, 0) is 32.0 Å². The van der Waals surface area contributed by atoms with Crippen LogP contribution in [0.1, 0.15) is 83.8 Å². The Morgan fingerprint density at radius 2 is 1.02 bits per heavy atom.